The summed E-state index contributed by atoms with van der Waals surface area (Å²) in [5, 5.41) is 3.78. The van der Waals surface area contributed by atoms with Crippen molar-refractivity contribution in [2.45, 2.75) is 46.1 Å². The molecule has 0 fully saturated rings. The first-order valence-electron chi connectivity index (χ1n) is 12.3. The molecule has 3 aromatic carbocycles. The first-order chi connectivity index (χ1) is 17.9. The van der Waals surface area contributed by atoms with E-state index in [1.165, 1.54) is 6.92 Å². The van der Waals surface area contributed by atoms with Crippen LogP contribution in [-0.2, 0) is 20.8 Å². The zero-order valence-electron chi connectivity index (χ0n) is 21.2. The zero-order valence-corrected chi connectivity index (χ0v) is 21.2. The van der Waals surface area contributed by atoms with Crippen molar-refractivity contribution in [2.75, 3.05) is 0 Å². The lowest BCUT2D eigenvalue weighted by Crippen LogP contribution is -2.16. The molecule has 1 atom stereocenters. The molecule has 190 valence electrons. The molecule has 1 heterocycles. The second-order valence-electron chi connectivity index (χ2n) is 8.78. The number of aryl methyl sites for hydroxylation is 1. The molecule has 0 radical (unpaired) electrons. The number of H-pyrrole nitrogens is 1. The van der Waals surface area contributed by atoms with Crippen molar-refractivity contribution in [3.8, 4) is 11.1 Å². The van der Waals surface area contributed by atoms with Crippen LogP contribution in [0.2, 0.25) is 0 Å². The summed E-state index contributed by atoms with van der Waals surface area (Å²) in [6.45, 7) is 5.27. The van der Waals surface area contributed by atoms with Crippen molar-refractivity contribution >= 4 is 28.8 Å². The number of carbonyl (C=O) groups excluding carboxylic acids is 2. The van der Waals surface area contributed by atoms with Crippen LogP contribution in [-0.4, -0.2) is 27.7 Å². The molecule has 0 amide bonds. The molecule has 1 unspecified atom stereocenters. The van der Waals surface area contributed by atoms with Crippen LogP contribution in [0.15, 0.2) is 72.1 Å². The Morgan fingerprint density at radius 1 is 1.05 bits per heavy atom. The number of imidazole rings is 1. The summed E-state index contributed by atoms with van der Waals surface area (Å²) in [6, 6.07) is 19.0. The second-order valence-corrected chi connectivity index (χ2v) is 8.78. The zero-order chi connectivity index (χ0) is 26.4. The van der Waals surface area contributed by atoms with E-state index < -0.39 is 18.0 Å². The van der Waals surface area contributed by atoms with E-state index in [4.69, 9.17) is 15.3 Å². The lowest BCUT2D eigenvalue weighted by molar-refractivity contribution is -0.140. The van der Waals surface area contributed by atoms with Crippen LogP contribution in [0, 0.1) is 0 Å². The monoisotopic (exact) mass is 498 g/mol. The molecule has 8 heteroatoms. The first-order valence-corrected chi connectivity index (χ1v) is 12.3. The fourth-order valence-electron chi connectivity index (χ4n) is 4.23. The maximum Gasteiger partial charge on any atom is 0.341 e. The van der Waals surface area contributed by atoms with Crippen molar-refractivity contribution in [3.05, 3.63) is 89.2 Å². The molecule has 0 bridgehead atoms. The standard InChI is InChI=1S/C29H30N4O4/c1-4-5-9-21-16-20(18(2)36-29(35)25-12-8-13-26-27(25)32-17-31-26)14-15-22(21)23-10-6-7-11-24(23)28(30)33-37-19(3)34/h6-8,10-18H,4-5,9H2,1-3H3,(H2,30,33)(H,31,32). The SMILES string of the molecule is CCCCc1cc(C(C)OC(=O)c2cccc3[nH]cnc23)ccc1-c1ccccc1C(N)=NOC(C)=O. The highest BCUT2D eigenvalue weighted by Gasteiger charge is 2.19. The molecule has 0 saturated carbocycles. The van der Waals surface area contributed by atoms with Gasteiger partial charge in [0.15, 0.2) is 5.84 Å². The van der Waals surface area contributed by atoms with Gasteiger partial charge in [-0.15, -0.1) is 0 Å². The Labute approximate surface area is 215 Å². The number of nitrogens with one attached hydrogen (secondary N) is 1. The van der Waals surface area contributed by atoms with Gasteiger partial charge < -0.3 is 20.3 Å². The maximum atomic E-state index is 13.0. The third-order valence-electron chi connectivity index (χ3n) is 6.12. The number of oxime groups is 1. The molecule has 4 aromatic rings. The van der Waals surface area contributed by atoms with Crippen molar-refractivity contribution < 1.29 is 19.2 Å². The highest BCUT2D eigenvalue weighted by Crippen LogP contribution is 2.32. The number of benzene rings is 3. The highest BCUT2D eigenvalue weighted by molar-refractivity contribution is 6.04. The summed E-state index contributed by atoms with van der Waals surface area (Å²) in [5.41, 5.74) is 12.5. The number of esters is 1. The molecule has 1 aromatic heterocycles. The number of nitrogens with zero attached hydrogens (tertiary/aromatic N) is 2. The molecule has 0 saturated heterocycles. The number of aromatic nitrogens is 2. The molecule has 37 heavy (non-hydrogen) atoms. The lowest BCUT2D eigenvalue weighted by atomic mass is 9.90. The lowest BCUT2D eigenvalue weighted by Gasteiger charge is -2.18. The normalized spacial score (nSPS) is 12.4. The molecule has 4 rings (SSSR count). The van der Waals surface area contributed by atoms with E-state index in [-0.39, 0.29) is 5.84 Å². The Kier molecular flexibility index (Phi) is 7.98. The Hall–Kier alpha value is -4.46. The van der Waals surface area contributed by atoms with Crippen molar-refractivity contribution in [2.24, 2.45) is 10.9 Å². The van der Waals surface area contributed by atoms with Gasteiger partial charge >= 0.3 is 11.9 Å². The first kappa shape index (κ1) is 25.6. The number of rotatable bonds is 9. The second kappa shape index (κ2) is 11.5. The predicted molar refractivity (Wildman–Crippen MR) is 143 cm³/mol. The minimum atomic E-state index is -0.541. The van der Waals surface area contributed by atoms with Gasteiger partial charge in [-0.1, -0.05) is 67.0 Å². The van der Waals surface area contributed by atoms with Gasteiger partial charge in [-0.3, -0.25) is 0 Å². The fraction of sp³-hybridized carbons (Fsp3) is 0.241. The smallest absolute Gasteiger partial charge is 0.341 e. The van der Waals surface area contributed by atoms with Crippen LogP contribution in [0.4, 0.5) is 0 Å². The minimum Gasteiger partial charge on any atom is -0.454 e. The van der Waals surface area contributed by atoms with Crippen molar-refractivity contribution in [1.29, 1.82) is 0 Å². The van der Waals surface area contributed by atoms with Crippen LogP contribution in [0.1, 0.15) is 66.8 Å². The van der Waals surface area contributed by atoms with Crippen LogP contribution in [0.25, 0.3) is 22.2 Å². The predicted octanol–water partition coefficient (Wildman–Crippen LogP) is 5.67. The highest BCUT2D eigenvalue weighted by atomic mass is 16.7. The number of hydrogen-bond acceptors (Lipinski definition) is 6. The van der Waals surface area contributed by atoms with Gasteiger partial charge in [-0.05, 0) is 54.2 Å². The summed E-state index contributed by atoms with van der Waals surface area (Å²) in [7, 11) is 0. The summed E-state index contributed by atoms with van der Waals surface area (Å²) in [4.78, 5) is 36.2. The van der Waals surface area contributed by atoms with Crippen LogP contribution in [0.3, 0.4) is 0 Å². The molecule has 0 aliphatic rings. The van der Waals surface area contributed by atoms with E-state index in [1.54, 1.807) is 18.5 Å². The summed E-state index contributed by atoms with van der Waals surface area (Å²) in [5.74, 6) is -0.851. The van der Waals surface area contributed by atoms with Gasteiger partial charge in [-0.2, -0.15) is 0 Å². The van der Waals surface area contributed by atoms with Gasteiger partial charge in [0, 0.05) is 12.5 Å². The maximum absolute atomic E-state index is 13.0. The Morgan fingerprint density at radius 2 is 1.84 bits per heavy atom. The quantitative estimate of drug-likeness (QED) is 0.101. The molecule has 3 N–H and O–H groups in total. The van der Waals surface area contributed by atoms with E-state index >= 15 is 0 Å². The van der Waals surface area contributed by atoms with Gasteiger partial charge in [0.05, 0.1) is 17.4 Å². The van der Waals surface area contributed by atoms with Crippen LogP contribution in [0.5, 0.6) is 0 Å². The molecular formula is C29H30N4O4. The van der Waals surface area contributed by atoms with Gasteiger partial charge in [0.2, 0.25) is 0 Å². The molecule has 0 spiro atoms. The minimum absolute atomic E-state index is 0.117. The number of aromatic amines is 1. The fourth-order valence-corrected chi connectivity index (χ4v) is 4.23. The largest absolute Gasteiger partial charge is 0.454 e. The van der Waals surface area contributed by atoms with Gasteiger partial charge in [-0.25, -0.2) is 14.6 Å². The van der Waals surface area contributed by atoms with E-state index in [9.17, 15) is 9.59 Å². The molecule has 0 aliphatic carbocycles. The van der Waals surface area contributed by atoms with E-state index in [1.807, 2.05) is 49.4 Å². The number of para-hydroxylation sites is 1. The van der Waals surface area contributed by atoms with Crippen molar-refractivity contribution in [3.63, 3.8) is 0 Å². The number of fused-ring (bicyclic) bond motifs is 1. The average Bonchev–Trinajstić information content (AvgIpc) is 3.39. The number of ether oxygens (including phenoxy) is 1. The Morgan fingerprint density at radius 3 is 2.62 bits per heavy atom. The summed E-state index contributed by atoms with van der Waals surface area (Å²) >= 11 is 0. The average molecular weight is 499 g/mol. The van der Waals surface area contributed by atoms with E-state index in [0.717, 1.165) is 47.0 Å². The summed E-state index contributed by atoms with van der Waals surface area (Å²) in [6.07, 6.45) is 3.94. The van der Waals surface area contributed by atoms with Gasteiger partial charge in [0.1, 0.15) is 11.6 Å². The van der Waals surface area contributed by atoms with Crippen LogP contribution >= 0.6 is 0 Å². The number of nitrogens with two attached hydrogens (primary N) is 1. The molecule has 8 nitrogen and oxygen atoms in total. The van der Waals surface area contributed by atoms with Gasteiger partial charge in [0.25, 0.3) is 0 Å². The van der Waals surface area contributed by atoms with Crippen molar-refractivity contribution in [1.82, 2.24) is 9.97 Å². The molecule has 0 aliphatic heterocycles. The topological polar surface area (TPSA) is 120 Å². The number of unbranched alkanes of at least 4 members (excludes halogenated alkanes) is 1. The third kappa shape index (κ3) is 5.86. The third-order valence-corrected chi connectivity index (χ3v) is 6.12. The van der Waals surface area contributed by atoms with E-state index in [2.05, 4.69) is 28.1 Å². The Balaban J connectivity index is 1.65. The van der Waals surface area contributed by atoms with Crippen LogP contribution < -0.4 is 5.73 Å². The Bertz CT molecular complexity index is 1460. The number of carbonyl (C=O) groups is 2. The number of hydrogen-bond donors (Lipinski definition) is 2. The molecular weight excluding hydrogens is 468 g/mol. The summed E-state index contributed by atoms with van der Waals surface area (Å²) < 4.78 is 5.84. The number of amidine groups is 1. The van der Waals surface area contributed by atoms with E-state index in [0.29, 0.717) is 16.6 Å².